The van der Waals surface area contributed by atoms with Crippen molar-refractivity contribution in [1.29, 1.82) is 0 Å². The highest BCUT2D eigenvalue weighted by Gasteiger charge is 2.32. The highest BCUT2D eigenvalue weighted by atomic mass is 32.1. The summed E-state index contributed by atoms with van der Waals surface area (Å²) in [5.41, 5.74) is 2.39. The number of carbonyl (C=O) groups is 1. The molecule has 0 spiro atoms. The maximum absolute atomic E-state index is 13.0. The van der Waals surface area contributed by atoms with E-state index in [9.17, 15) is 4.79 Å². The van der Waals surface area contributed by atoms with E-state index in [0.29, 0.717) is 6.61 Å². The van der Waals surface area contributed by atoms with Crippen molar-refractivity contribution in [2.24, 2.45) is 5.92 Å². The van der Waals surface area contributed by atoms with Crippen LogP contribution in [0.4, 0.5) is 10.8 Å². The minimum Gasteiger partial charge on any atom is -0.377 e. The summed E-state index contributed by atoms with van der Waals surface area (Å²) in [5.74, 6) is 1.12. The first-order valence-electron chi connectivity index (χ1n) is 8.72. The van der Waals surface area contributed by atoms with Crippen LogP contribution < -0.4 is 9.80 Å². The second-order valence-corrected chi connectivity index (χ2v) is 7.29. The molecule has 2 aliphatic rings. The summed E-state index contributed by atoms with van der Waals surface area (Å²) in [7, 11) is 1.65. The summed E-state index contributed by atoms with van der Waals surface area (Å²) in [6, 6.07) is 8.25. The van der Waals surface area contributed by atoms with Gasteiger partial charge in [0.25, 0.3) is 0 Å². The molecular formula is C18H22N4O2S. The van der Waals surface area contributed by atoms with Crippen LogP contribution >= 0.6 is 11.5 Å². The summed E-state index contributed by atoms with van der Waals surface area (Å²) in [4.78, 5) is 21.7. The molecule has 2 aliphatic heterocycles. The molecule has 1 aromatic heterocycles. The van der Waals surface area contributed by atoms with Gasteiger partial charge < -0.3 is 14.5 Å². The topological polar surface area (TPSA) is 58.6 Å². The Hall–Kier alpha value is -1.99. The fourth-order valence-corrected chi connectivity index (χ4v) is 4.39. The lowest BCUT2D eigenvalue weighted by molar-refractivity contribution is -0.122. The molecule has 0 saturated carbocycles. The van der Waals surface area contributed by atoms with E-state index in [1.165, 1.54) is 17.1 Å². The Kier molecular flexibility index (Phi) is 4.67. The lowest BCUT2D eigenvalue weighted by Gasteiger charge is -2.32. The van der Waals surface area contributed by atoms with Crippen LogP contribution in [0.3, 0.4) is 0 Å². The number of para-hydroxylation sites is 1. The van der Waals surface area contributed by atoms with Gasteiger partial charge in [-0.15, -0.1) is 0 Å². The molecule has 4 rings (SSSR count). The number of benzene rings is 1. The van der Waals surface area contributed by atoms with Crippen molar-refractivity contribution < 1.29 is 9.53 Å². The van der Waals surface area contributed by atoms with Gasteiger partial charge in [-0.2, -0.15) is 4.37 Å². The molecule has 1 fully saturated rings. The highest BCUT2D eigenvalue weighted by Crippen LogP contribution is 2.32. The number of aromatic nitrogens is 2. The van der Waals surface area contributed by atoms with E-state index in [0.717, 1.165) is 55.5 Å². The van der Waals surface area contributed by atoms with Gasteiger partial charge in [-0.25, -0.2) is 4.98 Å². The van der Waals surface area contributed by atoms with Gasteiger partial charge in [0, 0.05) is 49.9 Å². The van der Waals surface area contributed by atoms with Gasteiger partial charge >= 0.3 is 0 Å². The van der Waals surface area contributed by atoms with Gasteiger partial charge in [0.05, 0.1) is 0 Å². The molecule has 1 aromatic carbocycles. The lowest BCUT2D eigenvalue weighted by Crippen LogP contribution is -2.42. The normalized spacial score (nSPS) is 17.8. The van der Waals surface area contributed by atoms with Crippen LogP contribution in [-0.2, 0) is 22.6 Å². The second-order valence-electron chi connectivity index (χ2n) is 6.56. The highest BCUT2D eigenvalue weighted by molar-refractivity contribution is 7.09. The Morgan fingerprint density at radius 3 is 2.88 bits per heavy atom. The van der Waals surface area contributed by atoms with Crippen molar-refractivity contribution in [2.45, 2.75) is 25.9 Å². The molecule has 25 heavy (non-hydrogen) atoms. The average Bonchev–Trinajstić information content (AvgIpc) is 3.29. The predicted molar refractivity (Wildman–Crippen MR) is 98.1 cm³/mol. The molecule has 0 bridgehead atoms. The van der Waals surface area contributed by atoms with Gasteiger partial charge in [-0.3, -0.25) is 4.79 Å². The van der Waals surface area contributed by atoms with Gasteiger partial charge in [0.1, 0.15) is 6.61 Å². The Bertz CT molecular complexity index is 755. The molecule has 7 heteroatoms. The molecule has 132 valence electrons. The van der Waals surface area contributed by atoms with Crippen LogP contribution in [0, 0.1) is 5.92 Å². The maximum Gasteiger partial charge on any atom is 0.230 e. The van der Waals surface area contributed by atoms with Crippen LogP contribution in [0.15, 0.2) is 24.3 Å². The molecule has 6 nitrogen and oxygen atoms in total. The van der Waals surface area contributed by atoms with Crippen LogP contribution in [0.25, 0.3) is 0 Å². The van der Waals surface area contributed by atoms with Crippen LogP contribution in [0.2, 0.25) is 0 Å². The zero-order valence-corrected chi connectivity index (χ0v) is 15.2. The molecule has 0 unspecified atom stereocenters. The SMILES string of the molecule is COCc1nsc(N2CCC(C(=O)N3CCc4ccccc43)CC2)n1. The van der Waals surface area contributed by atoms with Crippen molar-refractivity contribution >= 4 is 28.3 Å². The number of fused-ring (bicyclic) bond motifs is 1. The maximum atomic E-state index is 13.0. The number of methoxy groups -OCH3 is 1. The van der Waals surface area contributed by atoms with E-state index in [-0.39, 0.29) is 11.8 Å². The van der Waals surface area contributed by atoms with E-state index in [1.807, 2.05) is 17.0 Å². The van der Waals surface area contributed by atoms with Gasteiger partial charge in [-0.05, 0) is 30.9 Å². The fraction of sp³-hybridized carbons (Fsp3) is 0.500. The van der Waals surface area contributed by atoms with Crippen molar-refractivity contribution in [3.05, 3.63) is 35.7 Å². The van der Waals surface area contributed by atoms with Crippen LogP contribution in [0.5, 0.6) is 0 Å². The summed E-state index contributed by atoms with van der Waals surface area (Å²) < 4.78 is 9.39. The number of anilines is 2. The van der Waals surface area contributed by atoms with Crippen molar-refractivity contribution in [3.63, 3.8) is 0 Å². The van der Waals surface area contributed by atoms with Crippen molar-refractivity contribution in [2.75, 3.05) is 36.5 Å². The molecule has 1 saturated heterocycles. The molecule has 0 atom stereocenters. The zero-order valence-electron chi connectivity index (χ0n) is 14.4. The summed E-state index contributed by atoms with van der Waals surface area (Å²) in [6.07, 6.45) is 2.71. The fourth-order valence-electron chi connectivity index (χ4n) is 3.67. The molecule has 2 aromatic rings. The zero-order chi connectivity index (χ0) is 17.2. The summed E-state index contributed by atoms with van der Waals surface area (Å²) in [6.45, 7) is 2.97. The Morgan fingerprint density at radius 1 is 1.28 bits per heavy atom. The third kappa shape index (κ3) is 3.26. The van der Waals surface area contributed by atoms with Crippen molar-refractivity contribution in [3.8, 4) is 0 Å². The standard InChI is InChI=1S/C18H22N4O2S/c1-24-12-16-19-18(25-20-16)21-9-6-14(7-10-21)17(23)22-11-8-13-4-2-3-5-15(13)22/h2-5,14H,6-12H2,1H3. The average molecular weight is 358 g/mol. The van der Waals surface area contributed by atoms with E-state index < -0.39 is 0 Å². The monoisotopic (exact) mass is 358 g/mol. The number of ether oxygens (including phenoxy) is 1. The molecule has 1 amide bonds. The van der Waals surface area contributed by atoms with Crippen LogP contribution in [-0.4, -0.2) is 42.0 Å². The number of amides is 1. The number of hydrogen-bond donors (Lipinski definition) is 0. The number of nitrogens with zero attached hydrogens (tertiary/aromatic N) is 4. The first-order chi connectivity index (χ1) is 12.3. The first-order valence-corrected chi connectivity index (χ1v) is 9.49. The predicted octanol–water partition coefficient (Wildman–Crippen LogP) is 2.49. The van der Waals surface area contributed by atoms with Crippen molar-refractivity contribution in [1.82, 2.24) is 9.36 Å². The third-order valence-corrected chi connectivity index (χ3v) is 5.81. The lowest BCUT2D eigenvalue weighted by atomic mass is 9.95. The Morgan fingerprint density at radius 2 is 2.08 bits per heavy atom. The number of piperidine rings is 1. The van der Waals surface area contributed by atoms with Gasteiger partial charge in [0.2, 0.25) is 11.0 Å². The summed E-state index contributed by atoms with van der Waals surface area (Å²) >= 11 is 1.41. The molecule has 3 heterocycles. The molecule has 0 N–H and O–H groups in total. The largest absolute Gasteiger partial charge is 0.377 e. The van der Waals surface area contributed by atoms with Crippen LogP contribution in [0.1, 0.15) is 24.2 Å². The minimum absolute atomic E-state index is 0.105. The van der Waals surface area contributed by atoms with E-state index in [4.69, 9.17) is 4.74 Å². The van der Waals surface area contributed by atoms with Gasteiger partial charge in [0.15, 0.2) is 5.82 Å². The van der Waals surface area contributed by atoms with E-state index in [1.54, 1.807) is 7.11 Å². The third-order valence-electron chi connectivity index (χ3n) is 5.00. The minimum atomic E-state index is 0.105. The second kappa shape index (κ2) is 7.09. The Labute approximate surface area is 151 Å². The van der Waals surface area contributed by atoms with E-state index >= 15 is 0 Å². The molecule has 0 aliphatic carbocycles. The number of carbonyl (C=O) groups excluding carboxylic acids is 1. The molecular weight excluding hydrogens is 336 g/mol. The number of hydrogen-bond acceptors (Lipinski definition) is 6. The first kappa shape index (κ1) is 16.5. The quantitative estimate of drug-likeness (QED) is 0.840. The smallest absolute Gasteiger partial charge is 0.230 e. The van der Waals surface area contributed by atoms with Gasteiger partial charge in [-0.1, -0.05) is 18.2 Å². The Balaban J connectivity index is 1.38. The number of rotatable bonds is 4. The summed E-state index contributed by atoms with van der Waals surface area (Å²) in [5, 5.41) is 0.935. The van der Waals surface area contributed by atoms with E-state index in [2.05, 4.69) is 26.4 Å². The molecule has 0 radical (unpaired) electrons.